The molecule has 2 aromatic carbocycles. The summed E-state index contributed by atoms with van der Waals surface area (Å²) in [5, 5.41) is 0. The Morgan fingerprint density at radius 3 is 2.19 bits per heavy atom. The van der Waals surface area contributed by atoms with E-state index in [9.17, 15) is 4.79 Å². The summed E-state index contributed by atoms with van der Waals surface area (Å²) in [5.41, 5.74) is 2.76. The third kappa shape index (κ3) is 4.19. The molecule has 0 aliphatic heterocycles. The van der Waals surface area contributed by atoms with Crippen LogP contribution in [0, 0.1) is 6.92 Å². The number of carbonyl (C=O) groups is 1. The Morgan fingerprint density at radius 2 is 1.57 bits per heavy atom. The van der Waals surface area contributed by atoms with Gasteiger partial charge in [-0.1, -0.05) is 50.1 Å². The number of rotatable bonds is 6. The molecule has 0 aliphatic rings. The zero-order valence-electron chi connectivity index (χ0n) is 12.6. The number of hydrogen-bond acceptors (Lipinski definition) is 1. The van der Waals surface area contributed by atoms with Crippen LogP contribution in [-0.2, 0) is 4.79 Å². The topological polar surface area (TPSA) is 20.3 Å². The van der Waals surface area contributed by atoms with Crippen LogP contribution in [-0.4, -0.2) is 5.91 Å². The summed E-state index contributed by atoms with van der Waals surface area (Å²) in [7, 11) is 0. The molecule has 0 N–H and O–H groups in total. The minimum Gasteiger partial charge on any atom is -0.281 e. The van der Waals surface area contributed by atoms with Crippen molar-refractivity contribution in [2.75, 3.05) is 4.90 Å². The van der Waals surface area contributed by atoms with Gasteiger partial charge in [-0.25, -0.2) is 0 Å². The lowest BCUT2D eigenvalue weighted by molar-refractivity contribution is -0.118. The van der Waals surface area contributed by atoms with Gasteiger partial charge in [-0.2, -0.15) is 0 Å². The Balaban J connectivity index is 2.26. The second kappa shape index (κ2) is 7.63. The molecule has 2 nitrogen and oxygen atoms in total. The first kappa shape index (κ1) is 15.3. The molecule has 0 atom stereocenters. The molecular weight excluding hydrogens is 258 g/mol. The van der Waals surface area contributed by atoms with E-state index in [0.29, 0.717) is 6.42 Å². The maximum Gasteiger partial charge on any atom is 0.231 e. The van der Waals surface area contributed by atoms with Crippen LogP contribution in [0.15, 0.2) is 54.6 Å². The van der Waals surface area contributed by atoms with Gasteiger partial charge in [0.2, 0.25) is 5.91 Å². The number of para-hydroxylation sites is 1. The van der Waals surface area contributed by atoms with Crippen molar-refractivity contribution in [3.63, 3.8) is 0 Å². The van der Waals surface area contributed by atoms with Crippen LogP contribution < -0.4 is 4.90 Å². The molecule has 0 aliphatic carbocycles. The first-order chi connectivity index (χ1) is 10.2. The molecule has 0 spiro atoms. The Morgan fingerprint density at radius 1 is 0.952 bits per heavy atom. The van der Waals surface area contributed by atoms with E-state index in [1.54, 1.807) is 4.90 Å². The van der Waals surface area contributed by atoms with E-state index in [0.717, 1.165) is 36.2 Å². The zero-order chi connectivity index (χ0) is 15.1. The summed E-state index contributed by atoms with van der Waals surface area (Å²) >= 11 is 0. The molecule has 0 aromatic heterocycles. The fourth-order valence-corrected chi connectivity index (χ4v) is 2.30. The van der Waals surface area contributed by atoms with E-state index in [2.05, 4.69) is 13.8 Å². The van der Waals surface area contributed by atoms with Crippen LogP contribution >= 0.6 is 0 Å². The van der Waals surface area contributed by atoms with Crippen LogP contribution in [0.5, 0.6) is 0 Å². The molecule has 0 unspecified atom stereocenters. The monoisotopic (exact) mass is 280 g/mol. The van der Waals surface area contributed by atoms with Crippen molar-refractivity contribution < 1.29 is 4.79 Å². The van der Waals surface area contributed by atoms with Crippen molar-refractivity contribution in [3.8, 4) is 0 Å². The SMILES string of the molecule is [CH2]c1ccc(N(C(=O)CCCCC)c2ccccc2)cc1. The Bertz CT molecular complexity index is 560. The first-order valence-corrected chi connectivity index (χ1v) is 7.52. The minimum absolute atomic E-state index is 0.145. The molecule has 0 saturated carbocycles. The number of carbonyl (C=O) groups excluding carboxylic acids is 1. The smallest absolute Gasteiger partial charge is 0.231 e. The van der Waals surface area contributed by atoms with E-state index >= 15 is 0 Å². The highest BCUT2D eigenvalue weighted by Gasteiger charge is 2.17. The summed E-state index contributed by atoms with van der Waals surface area (Å²) in [6, 6.07) is 17.6. The summed E-state index contributed by atoms with van der Waals surface area (Å²) in [6.07, 6.45) is 3.72. The van der Waals surface area contributed by atoms with Crippen molar-refractivity contribution >= 4 is 17.3 Å². The van der Waals surface area contributed by atoms with Crippen molar-refractivity contribution in [3.05, 3.63) is 67.1 Å². The highest BCUT2D eigenvalue weighted by Crippen LogP contribution is 2.26. The zero-order valence-corrected chi connectivity index (χ0v) is 12.6. The van der Waals surface area contributed by atoms with Gasteiger partial charge in [-0.3, -0.25) is 9.69 Å². The maximum atomic E-state index is 12.6. The maximum absolute atomic E-state index is 12.6. The fourth-order valence-electron chi connectivity index (χ4n) is 2.30. The lowest BCUT2D eigenvalue weighted by atomic mass is 10.1. The number of anilines is 2. The predicted octanol–water partition coefficient (Wildman–Crippen LogP) is 5.11. The largest absolute Gasteiger partial charge is 0.281 e. The quantitative estimate of drug-likeness (QED) is 0.673. The van der Waals surface area contributed by atoms with Gasteiger partial charge in [0.25, 0.3) is 0 Å². The molecule has 1 radical (unpaired) electrons. The molecule has 1 amide bonds. The molecule has 2 heteroatoms. The van der Waals surface area contributed by atoms with Crippen molar-refractivity contribution in [1.29, 1.82) is 0 Å². The summed E-state index contributed by atoms with van der Waals surface area (Å²) in [4.78, 5) is 14.4. The summed E-state index contributed by atoms with van der Waals surface area (Å²) in [5.74, 6) is 0.145. The molecular formula is C19H22NO. The van der Waals surface area contributed by atoms with Crippen LogP contribution in [0.2, 0.25) is 0 Å². The van der Waals surface area contributed by atoms with Gasteiger partial charge in [0.05, 0.1) is 0 Å². The van der Waals surface area contributed by atoms with E-state index < -0.39 is 0 Å². The molecule has 0 heterocycles. The highest BCUT2D eigenvalue weighted by atomic mass is 16.2. The first-order valence-electron chi connectivity index (χ1n) is 7.52. The van der Waals surface area contributed by atoms with Gasteiger partial charge >= 0.3 is 0 Å². The molecule has 0 fully saturated rings. The standard InChI is InChI=1S/C19H22NO/c1-3-4-6-11-19(21)20(17-9-7-5-8-10-17)18-14-12-16(2)13-15-18/h5,7-10,12-15H,2-4,6,11H2,1H3. The Kier molecular flexibility index (Phi) is 5.56. The molecule has 0 saturated heterocycles. The summed E-state index contributed by atoms with van der Waals surface area (Å²) in [6.45, 7) is 6.04. The lowest BCUT2D eigenvalue weighted by Crippen LogP contribution is -2.25. The number of unbranched alkanes of at least 4 members (excludes halogenated alkanes) is 2. The lowest BCUT2D eigenvalue weighted by Gasteiger charge is -2.23. The average molecular weight is 280 g/mol. The van der Waals surface area contributed by atoms with Crippen LogP contribution in [0.1, 0.15) is 38.2 Å². The average Bonchev–Trinajstić information content (AvgIpc) is 2.51. The van der Waals surface area contributed by atoms with Gasteiger partial charge in [-0.05, 0) is 43.2 Å². The van der Waals surface area contributed by atoms with Crippen molar-refractivity contribution in [2.24, 2.45) is 0 Å². The van der Waals surface area contributed by atoms with E-state index in [1.807, 2.05) is 54.6 Å². The molecule has 109 valence electrons. The van der Waals surface area contributed by atoms with Crippen LogP contribution in [0.3, 0.4) is 0 Å². The predicted molar refractivity (Wildman–Crippen MR) is 88.6 cm³/mol. The van der Waals surface area contributed by atoms with Gasteiger partial charge in [0, 0.05) is 17.8 Å². The Labute approximate surface area is 127 Å². The second-order valence-electron chi connectivity index (χ2n) is 5.19. The number of amides is 1. The van der Waals surface area contributed by atoms with Crippen molar-refractivity contribution in [1.82, 2.24) is 0 Å². The number of nitrogens with zero attached hydrogens (tertiary/aromatic N) is 1. The second-order valence-corrected chi connectivity index (χ2v) is 5.19. The Hall–Kier alpha value is -2.09. The van der Waals surface area contributed by atoms with Crippen LogP contribution in [0.4, 0.5) is 11.4 Å². The van der Waals surface area contributed by atoms with Gasteiger partial charge < -0.3 is 0 Å². The van der Waals surface area contributed by atoms with Gasteiger partial charge in [-0.15, -0.1) is 0 Å². The molecule has 2 rings (SSSR count). The molecule has 0 bridgehead atoms. The normalized spacial score (nSPS) is 10.4. The minimum atomic E-state index is 0.145. The van der Waals surface area contributed by atoms with Crippen molar-refractivity contribution in [2.45, 2.75) is 32.6 Å². The molecule has 2 aromatic rings. The van der Waals surface area contributed by atoms with E-state index in [-0.39, 0.29) is 5.91 Å². The third-order valence-corrected chi connectivity index (χ3v) is 3.45. The molecule has 21 heavy (non-hydrogen) atoms. The van der Waals surface area contributed by atoms with E-state index in [4.69, 9.17) is 0 Å². The van der Waals surface area contributed by atoms with Gasteiger partial charge in [0.1, 0.15) is 0 Å². The highest BCUT2D eigenvalue weighted by molar-refractivity contribution is 6.00. The number of benzene rings is 2. The van der Waals surface area contributed by atoms with Crippen LogP contribution in [0.25, 0.3) is 0 Å². The third-order valence-electron chi connectivity index (χ3n) is 3.45. The fraction of sp³-hybridized carbons (Fsp3) is 0.263. The van der Waals surface area contributed by atoms with Gasteiger partial charge in [0.15, 0.2) is 0 Å². The summed E-state index contributed by atoms with van der Waals surface area (Å²) < 4.78 is 0. The van der Waals surface area contributed by atoms with E-state index in [1.165, 1.54) is 0 Å². The number of hydrogen-bond donors (Lipinski definition) is 0.